The number of para-hydroxylation sites is 3. The van der Waals surface area contributed by atoms with Gasteiger partial charge >= 0.3 is 0 Å². The molecular weight excluding hydrogens is 757 g/mol. The highest BCUT2D eigenvalue weighted by Gasteiger charge is 2.22. The van der Waals surface area contributed by atoms with Crippen molar-refractivity contribution < 1.29 is 0 Å². The van der Waals surface area contributed by atoms with Gasteiger partial charge in [-0.25, -0.2) is 9.97 Å². The van der Waals surface area contributed by atoms with Crippen LogP contribution < -0.4 is 4.90 Å². The summed E-state index contributed by atoms with van der Waals surface area (Å²) < 4.78 is 2.12. The monoisotopic (exact) mass is 794 g/mol. The predicted octanol–water partition coefficient (Wildman–Crippen LogP) is 14.2. The second-order valence-corrected chi connectivity index (χ2v) is 15.1. The van der Waals surface area contributed by atoms with Crippen molar-refractivity contribution in [2.24, 2.45) is 0 Å². The van der Waals surface area contributed by atoms with Gasteiger partial charge in [-0.3, -0.25) is 4.57 Å². The van der Waals surface area contributed by atoms with Gasteiger partial charge in [-0.1, -0.05) is 164 Å². The minimum Gasteiger partial charge on any atom is -0.311 e. The summed E-state index contributed by atoms with van der Waals surface area (Å²) in [5.74, 6) is 1.63. The van der Waals surface area contributed by atoms with Crippen LogP contribution in [0.1, 0.15) is 0 Å². The van der Waals surface area contributed by atoms with Crippen molar-refractivity contribution in [3.63, 3.8) is 0 Å². The first-order valence-electron chi connectivity index (χ1n) is 20.7. The van der Waals surface area contributed by atoms with Gasteiger partial charge in [0.15, 0.2) is 11.6 Å². The Morgan fingerprint density at radius 3 is 1.37 bits per heavy atom. The average Bonchev–Trinajstić information content (AvgIpc) is 3.70. The van der Waals surface area contributed by atoms with Gasteiger partial charge in [0.05, 0.1) is 5.52 Å². The van der Waals surface area contributed by atoms with Gasteiger partial charge in [0.2, 0.25) is 5.95 Å². The zero-order chi connectivity index (χ0) is 41.2. The van der Waals surface area contributed by atoms with Crippen LogP contribution in [0.5, 0.6) is 0 Å². The Balaban J connectivity index is 1.11. The summed E-state index contributed by atoms with van der Waals surface area (Å²) in [6, 6.07) is 77.9. The van der Waals surface area contributed by atoms with Crippen molar-refractivity contribution >= 4 is 39.0 Å². The van der Waals surface area contributed by atoms with Crippen LogP contribution in [0, 0.1) is 0 Å². The van der Waals surface area contributed by atoms with Crippen molar-refractivity contribution in [2.45, 2.75) is 0 Å². The lowest BCUT2D eigenvalue weighted by molar-refractivity contribution is 0.944. The van der Waals surface area contributed by atoms with E-state index in [4.69, 9.17) is 19.9 Å². The second-order valence-electron chi connectivity index (χ2n) is 15.1. The van der Waals surface area contributed by atoms with Gasteiger partial charge in [0, 0.05) is 50.7 Å². The Kier molecular flexibility index (Phi) is 9.41. The van der Waals surface area contributed by atoms with Crippen LogP contribution in [0.15, 0.2) is 231 Å². The summed E-state index contributed by atoms with van der Waals surface area (Å²) >= 11 is 0. The first kappa shape index (κ1) is 36.6. The van der Waals surface area contributed by atoms with Gasteiger partial charge in [-0.05, 0) is 88.5 Å². The fraction of sp³-hybridized carbons (Fsp3) is 0. The third-order valence-corrected chi connectivity index (χ3v) is 11.3. The molecule has 0 amide bonds. The van der Waals surface area contributed by atoms with Crippen LogP contribution in [0.4, 0.5) is 17.1 Å². The molecule has 0 atom stereocenters. The standard InChI is InChI=1S/C56H38N6/c1-5-17-39(18-6-1)42-21-13-23-44(37-42)53-58-54(45-24-14-22-43(38-45)40-19-7-2-8-20-40)60-56(59-53)62-52-49(29-15-30-50(52)51-31-16-36-57-55(51)62)41-32-34-48(35-33-41)61(46-25-9-3-10-26-46)47-27-11-4-12-28-47/h1-38H. The summed E-state index contributed by atoms with van der Waals surface area (Å²) in [7, 11) is 0. The van der Waals surface area contributed by atoms with Crippen LogP contribution in [0.25, 0.3) is 84.0 Å². The zero-order valence-electron chi connectivity index (χ0n) is 33.6. The molecule has 0 aliphatic heterocycles. The maximum atomic E-state index is 5.32. The smallest absolute Gasteiger partial charge is 0.240 e. The zero-order valence-corrected chi connectivity index (χ0v) is 33.6. The third kappa shape index (κ3) is 6.85. The van der Waals surface area contributed by atoms with E-state index in [1.807, 2.05) is 36.5 Å². The fourth-order valence-electron chi connectivity index (χ4n) is 8.37. The Hall–Kier alpha value is -8.48. The molecule has 3 aromatic heterocycles. The maximum absolute atomic E-state index is 5.32. The largest absolute Gasteiger partial charge is 0.311 e. The Bertz CT molecular complexity index is 3190. The normalized spacial score (nSPS) is 11.2. The first-order valence-corrected chi connectivity index (χ1v) is 20.7. The van der Waals surface area contributed by atoms with Crippen LogP contribution in [0.3, 0.4) is 0 Å². The van der Waals surface area contributed by atoms with E-state index < -0.39 is 0 Å². The minimum absolute atomic E-state index is 0.488. The Morgan fingerprint density at radius 1 is 0.339 bits per heavy atom. The molecule has 0 bridgehead atoms. The van der Waals surface area contributed by atoms with Crippen LogP contribution in [0.2, 0.25) is 0 Å². The number of hydrogen-bond acceptors (Lipinski definition) is 5. The lowest BCUT2D eigenvalue weighted by Gasteiger charge is -2.25. The van der Waals surface area contributed by atoms with E-state index in [2.05, 4.69) is 204 Å². The maximum Gasteiger partial charge on any atom is 0.240 e. The summed E-state index contributed by atoms with van der Waals surface area (Å²) in [5, 5.41) is 2.08. The number of nitrogens with zero attached hydrogens (tertiary/aromatic N) is 6. The molecule has 0 saturated heterocycles. The molecule has 0 aliphatic carbocycles. The highest BCUT2D eigenvalue weighted by Crippen LogP contribution is 2.40. The molecule has 6 heteroatoms. The van der Waals surface area contributed by atoms with E-state index in [-0.39, 0.29) is 0 Å². The van der Waals surface area contributed by atoms with E-state index in [0.717, 1.165) is 83.5 Å². The van der Waals surface area contributed by atoms with E-state index >= 15 is 0 Å². The number of fused-ring (bicyclic) bond motifs is 3. The van der Waals surface area contributed by atoms with Crippen molar-refractivity contribution in [1.82, 2.24) is 24.5 Å². The molecule has 292 valence electrons. The van der Waals surface area contributed by atoms with Crippen LogP contribution in [-0.4, -0.2) is 24.5 Å². The van der Waals surface area contributed by atoms with Crippen LogP contribution in [-0.2, 0) is 0 Å². The Labute approximate surface area is 359 Å². The van der Waals surface area contributed by atoms with Gasteiger partial charge < -0.3 is 4.90 Å². The SMILES string of the molecule is c1ccc(-c2cccc(-c3nc(-c4cccc(-c5ccccc5)c4)nc(-n4c5ncccc5c5cccc(-c6ccc(N(c7ccccc7)c7ccccc7)cc6)c54)n3)c2)cc1. The topological polar surface area (TPSA) is 59.7 Å². The van der Waals surface area contributed by atoms with E-state index in [1.54, 1.807) is 0 Å². The lowest BCUT2D eigenvalue weighted by atomic mass is 10.0. The molecule has 3 heterocycles. The summed E-state index contributed by atoms with van der Waals surface area (Å²) in [6.07, 6.45) is 1.84. The van der Waals surface area contributed by atoms with Gasteiger partial charge in [0.25, 0.3) is 0 Å². The van der Waals surface area contributed by atoms with Crippen molar-refractivity contribution in [2.75, 3.05) is 4.90 Å². The molecule has 6 nitrogen and oxygen atoms in total. The molecule has 0 fully saturated rings. The molecular formula is C56H38N6. The van der Waals surface area contributed by atoms with Crippen molar-refractivity contribution in [3.8, 4) is 62.1 Å². The molecule has 0 N–H and O–H groups in total. The molecule has 0 radical (unpaired) electrons. The van der Waals surface area contributed by atoms with Gasteiger partial charge in [-0.15, -0.1) is 0 Å². The average molecular weight is 795 g/mol. The number of anilines is 3. The molecule has 0 aliphatic rings. The van der Waals surface area contributed by atoms with E-state index in [9.17, 15) is 0 Å². The number of rotatable bonds is 9. The third-order valence-electron chi connectivity index (χ3n) is 11.3. The number of aromatic nitrogens is 5. The Morgan fingerprint density at radius 2 is 0.806 bits per heavy atom. The summed E-state index contributed by atoms with van der Waals surface area (Å²) in [5.41, 5.74) is 13.3. The molecule has 11 aromatic rings. The highest BCUT2D eigenvalue weighted by molar-refractivity contribution is 6.12. The first-order chi connectivity index (χ1) is 30.7. The van der Waals surface area contributed by atoms with Crippen molar-refractivity contribution in [3.05, 3.63) is 231 Å². The molecule has 62 heavy (non-hydrogen) atoms. The minimum atomic E-state index is 0.488. The highest BCUT2D eigenvalue weighted by atomic mass is 15.2. The number of benzene rings is 8. The summed E-state index contributed by atoms with van der Waals surface area (Å²) in [6.45, 7) is 0. The molecule has 0 spiro atoms. The van der Waals surface area contributed by atoms with Crippen molar-refractivity contribution in [1.29, 1.82) is 0 Å². The lowest BCUT2D eigenvalue weighted by Crippen LogP contribution is -2.09. The second kappa shape index (κ2) is 15.9. The van der Waals surface area contributed by atoms with Gasteiger partial charge in [-0.2, -0.15) is 9.97 Å². The van der Waals surface area contributed by atoms with Gasteiger partial charge in [0.1, 0.15) is 5.65 Å². The molecule has 11 rings (SSSR count). The van der Waals surface area contributed by atoms with E-state index in [1.165, 1.54) is 0 Å². The quantitative estimate of drug-likeness (QED) is 0.146. The molecule has 0 saturated carbocycles. The van der Waals surface area contributed by atoms with Crippen LogP contribution >= 0.6 is 0 Å². The number of pyridine rings is 1. The number of hydrogen-bond donors (Lipinski definition) is 0. The predicted molar refractivity (Wildman–Crippen MR) is 254 cm³/mol. The fourth-order valence-corrected chi connectivity index (χ4v) is 8.37. The van der Waals surface area contributed by atoms with E-state index in [0.29, 0.717) is 17.6 Å². The molecule has 8 aromatic carbocycles. The molecule has 0 unspecified atom stereocenters. The summed E-state index contributed by atoms with van der Waals surface area (Å²) in [4.78, 5) is 23.1.